The van der Waals surface area contributed by atoms with Crippen LogP contribution < -0.4 is 4.74 Å². The Hall–Kier alpha value is -4.60. The lowest BCUT2D eigenvalue weighted by Crippen LogP contribution is -2.28. The molecule has 39 heavy (non-hydrogen) atoms. The van der Waals surface area contributed by atoms with Crippen molar-refractivity contribution in [1.82, 2.24) is 0 Å². The molecule has 0 spiro atoms. The summed E-state index contributed by atoms with van der Waals surface area (Å²) in [4.78, 5) is 0. The first-order valence-electron chi connectivity index (χ1n) is 13.4. The smallest absolute Gasteiger partial charge is 0.120 e. The minimum Gasteiger partial charge on any atom is -0.508 e. The van der Waals surface area contributed by atoms with Gasteiger partial charge in [-0.1, -0.05) is 84.9 Å². The molecule has 6 aromatic carbocycles. The molecule has 188 valence electrons. The van der Waals surface area contributed by atoms with Gasteiger partial charge in [-0.05, 0) is 91.3 Å². The van der Waals surface area contributed by atoms with Gasteiger partial charge in [0, 0.05) is 0 Å². The highest BCUT2D eigenvalue weighted by atomic mass is 16.6. The molecular weight excluding hydrogens is 480 g/mol. The van der Waals surface area contributed by atoms with Gasteiger partial charge >= 0.3 is 0 Å². The number of epoxide rings is 1. The maximum absolute atomic E-state index is 10.1. The van der Waals surface area contributed by atoms with E-state index in [0.717, 1.165) is 28.5 Å². The third-order valence-corrected chi connectivity index (χ3v) is 8.29. The van der Waals surface area contributed by atoms with Crippen molar-refractivity contribution >= 4 is 21.5 Å². The maximum Gasteiger partial charge on any atom is 0.120 e. The van der Waals surface area contributed by atoms with Crippen molar-refractivity contribution in [3.8, 4) is 22.6 Å². The molecule has 0 bridgehead atoms. The fraction of sp³-hybridized carbons (Fsp3) is 0.111. The average Bonchev–Trinajstić information content (AvgIpc) is 3.77. The number of rotatable bonds is 5. The number of fused-ring (bicyclic) bond motifs is 5. The SMILES string of the molecule is Oc1ccc2cc(C3(c4ccc5cc(OCC6CO6)ccc5c4)c4ccccc4-c4ccccc43)ccc2c1. The van der Waals surface area contributed by atoms with E-state index in [9.17, 15) is 5.11 Å². The van der Waals surface area contributed by atoms with Crippen LogP contribution in [-0.4, -0.2) is 24.4 Å². The van der Waals surface area contributed by atoms with E-state index in [4.69, 9.17) is 9.47 Å². The number of phenolic OH excluding ortho intramolecular Hbond substituents is 1. The van der Waals surface area contributed by atoms with Gasteiger partial charge in [0.15, 0.2) is 0 Å². The molecule has 1 N–H and O–H groups in total. The fourth-order valence-corrected chi connectivity index (χ4v) is 6.39. The molecule has 1 fully saturated rings. The molecule has 0 aromatic heterocycles. The summed E-state index contributed by atoms with van der Waals surface area (Å²) in [6.07, 6.45) is 0.233. The monoisotopic (exact) mass is 506 g/mol. The maximum atomic E-state index is 10.1. The first-order valence-corrected chi connectivity index (χ1v) is 13.4. The number of hydrogen-bond acceptors (Lipinski definition) is 3. The largest absolute Gasteiger partial charge is 0.508 e. The second-order valence-corrected chi connectivity index (χ2v) is 10.6. The van der Waals surface area contributed by atoms with Gasteiger partial charge in [0.2, 0.25) is 0 Å². The second-order valence-electron chi connectivity index (χ2n) is 10.6. The van der Waals surface area contributed by atoms with Crippen molar-refractivity contribution in [2.24, 2.45) is 0 Å². The van der Waals surface area contributed by atoms with E-state index in [2.05, 4.69) is 103 Å². The van der Waals surface area contributed by atoms with Crippen LogP contribution in [0.4, 0.5) is 0 Å². The normalized spacial score (nSPS) is 16.7. The molecule has 1 aliphatic heterocycles. The molecule has 3 nitrogen and oxygen atoms in total. The van der Waals surface area contributed by atoms with Crippen molar-refractivity contribution in [2.45, 2.75) is 11.5 Å². The average molecular weight is 507 g/mol. The zero-order valence-corrected chi connectivity index (χ0v) is 21.3. The van der Waals surface area contributed by atoms with Gasteiger partial charge < -0.3 is 14.6 Å². The van der Waals surface area contributed by atoms with Gasteiger partial charge in [-0.15, -0.1) is 0 Å². The lowest BCUT2D eigenvalue weighted by Gasteiger charge is -2.34. The molecule has 3 heteroatoms. The summed E-state index contributed by atoms with van der Waals surface area (Å²) in [6, 6.07) is 43.0. The summed E-state index contributed by atoms with van der Waals surface area (Å²) < 4.78 is 11.3. The highest BCUT2D eigenvalue weighted by Gasteiger charge is 2.46. The first-order chi connectivity index (χ1) is 19.2. The predicted octanol–water partition coefficient (Wildman–Crippen LogP) is 7.84. The zero-order chi connectivity index (χ0) is 26.0. The molecule has 2 aliphatic rings. The molecule has 0 radical (unpaired) electrons. The van der Waals surface area contributed by atoms with Gasteiger partial charge in [-0.3, -0.25) is 0 Å². The molecule has 1 aliphatic carbocycles. The second kappa shape index (κ2) is 8.45. The van der Waals surface area contributed by atoms with Crippen molar-refractivity contribution in [3.05, 3.63) is 144 Å². The van der Waals surface area contributed by atoms with E-state index in [1.807, 2.05) is 12.1 Å². The number of hydrogen-bond donors (Lipinski definition) is 1. The Kier molecular flexibility index (Phi) is 4.85. The van der Waals surface area contributed by atoms with E-state index in [-0.39, 0.29) is 11.9 Å². The third kappa shape index (κ3) is 3.47. The minimum atomic E-state index is -0.480. The van der Waals surface area contributed by atoms with Crippen LogP contribution in [0.25, 0.3) is 32.7 Å². The highest BCUT2D eigenvalue weighted by Crippen LogP contribution is 2.56. The Labute approximate surface area is 226 Å². The van der Waals surface area contributed by atoms with Crippen LogP contribution in [0.15, 0.2) is 121 Å². The van der Waals surface area contributed by atoms with Gasteiger partial charge in [-0.2, -0.15) is 0 Å². The van der Waals surface area contributed by atoms with Gasteiger partial charge in [0.1, 0.15) is 24.2 Å². The molecule has 1 unspecified atom stereocenters. The van der Waals surface area contributed by atoms with E-state index in [1.54, 1.807) is 6.07 Å². The summed E-state index contributed by atoms with van der Waals surface area (Å²) in [5.74, 6) is 1.15. The third-order valence-electron chi connectivity index (χ3n) is 8.29. The Morgan fingerprint density at radius 2 is 1.18 bits per heavy atom. The van der Waals surface area contributed by atoms with Gasteiger partial charge in [-0.25, -0.2) is 0 Å². The predicted molar refractivity (Wildman–Crippen MR) is 156 cm³/mol. The standard InChI is InChI=1S/C36H26O3/c37-29-15-11-23-17-27(13-9-25(23)19-29)36(34-7-3-1-5-32(34)33-6-2-4-8-35(33)36)28-14-10-26-20-30(16-12-24(26)18-28)38-21-31-22-39-31/h1-20,31,37H,21-22H2. The molecule has 0 amide bonds. The number of aromatic hydroxyl groups is 1. The number of ether oxygens (including phenoxy) is 2. The topological polar surface area (TPSA) is 42.0 Å². The quantitative estimate of drug-likeness (QED) is 0.242. The van der Waals surface area contributed by atoms with E-state index < -0.39 is 5.41 Å². The van der Waals surface area contributed by atoms with Crippen molar-refractivity contribution < 1.29 is 14.6 Å². The first kappa shape index (κ1) is 22.4. The van der Waals surface area contributed by atoms with Crippen LogP contribution in [0.2, 0.25) is 0 Å². The number of benzene rings is 6. The Bertz CT molecular complexity index is 1850. The highest BCUT2D eigenvalue weighted by molar-refractivity contribution is 5.92. The van der Waals surface area contributed by atoms with Crippen LogP contribution in [-0.2, 0) is 10.2 Å². The van der Waals surface area contributed by atoms with Crippen LogP contribution in [0.3, 0.4) is 0 Å². The molecule has 1 atom stereocenters. The lowest BCUT2D eigenvalue weighted by molar-refractivity contribution is 0.263. The summed E-state index contributed by atoms with van der Waals surface area (Å²) >= 11 is 0. The summed E-state index contributed by atoms with van der Waals surface area (Å²) in [7, 11) is 0. The lowest BCUT2D eigenvalue weighted by atomic mass is 9.67. The summed E-state index contributed by atoms with van der Waals surface area (Å²) in [5, 5.41) is 14.5. The summed E-state index contributed by atoms with van der Waals surface area (Å²) in [5.41, 5.74) is 7.06. The van der Waals surface area contributed by atoms with Crippen molar-refractivity contribution in [2.75, 3.05) is 13.2 Å². The van der Waals surface area contributed by atoms with Gasteiger partial charge in [0.25, 0.3) is 0 Å². The van der Waals surface area contributed by atoms with Crippen molar-refractivity contribution in [1.29, 1.82) is 0 Å². The van der Waals surface area contributed by atoms with Crippen LogP contribution in [0.5, 0.6) is 11.5 Å². The minimum absolute atomic E-state index is 0.233. The van der Waals surface area contributed by atoms with Crippen LogP contribution in [0.1, 0.15) is 22.3 Å². The molecule has 8 rings (SSSR count). The molecule has 1 saturated heterocycles. The van der Waals surface area contributed by atoms with E-state index in [0.29, 0.717) is 6.61 Å². The van der Waals surface area contributed by atoms with Crippen LogP contribution in [0, 0.1) is 0 Å². The van der Waals surface area contributed by atoms with E-state index in [1.165, 1.54) is 38.8 Å². The van der Waals surface area contributed by atoms with Crippen molar-refractivity contribution in [3.63, 3.8) is 0 Å². The Morgan fingerprint density at radius 3 is 1.82 bits per heavy atom. The zero-order valence-electron chi connectivity index (χ0n) is 21.3. The number of phenols is 1. The van der Waals surface area contributed by atoms with Crippen LogP contribution >= 0.6 is 0 Å². The molecule has 0 saturated carbocycles. The Morgan fingerprint density at radius 1 is 0.641 bits per heavy atom. The molecule has 6 aromatic rings. The summed E-state index contributed by atoms with van der Waals surface area (Å²) in [6.45, 7) is 1.39. The Balaban J connectivity index is 1.38. The molecular formula is C36H26O3. The van der Waals surface area contributed by atoms with E-state index >= 15 is 0 Å². The van der Waals surface area contributed by atoms with Gasteiger partial charge in [0.05, 0.1) is 12.0 Å². The fourth-order valence-electron chi connectivity index (χ4n) is 6.39. The molecule has 1 heterocycles.